The number of allylic oxidation sites excluding steroid dienone is 8. The average Bonchev–Trinajstić information content (AvgIpc) is 3.18. The van der Waals surface area contributed by atoms with Crippen LogP contribution in [0.5, 0.6) is 0 Å². The summed E-state index contributed by atoms with van der Waals surface area (Å²) in [5.41, 5.74) is 7.02. The van der Waals surface area contributed by atoms with Crippen molar-refractivity contribution in [2.75, 3.05) is 18.0 Å². The summed E-state index contributed by atoms with van der Waals surface area (Å²) in [6.07, 6.45) is 18.6. The summed E-state index contributed by atoms with van der Waals surface area (Å²) < 4.78 is 2.31. The third-order valence-corrected chi connectivity index (χ3v) is 7.75. The lowest BCUT2D eigenvalue weighted by Crippen LogP contribution is -2.27. The molecule has 37 heavy (non-hydrogen) atoms. The van der Waals surface area contributed by atoms with Crippen LogP contribution in [0, 0.1) is 0 Å². The molecule has 0 spiro atoms. The van der Waals surface area contributed by atoms with E-state index in [1.807, 2.05) is 24.3 Å². The van der Waals surface area contributed by atoms with Gasteiger partial charge in [0.05, 0.1) is 5.41 Å². The van der Waals surface area contributed by atoms with Crippen LogP contribution in [0.4, 0.5) is 11.4 Å². The molecule has 0 saturated carbocycles. The highest BCUT2D eigenvalue weighted by molar-refractivity contribution is 6.31. The molecule has 2 nitrogen and oxygen atoms in total. The highest BCUT2D eigenvalue weighted by atomic mass is 35.5. The topological polar surface area (TPSA) is 6.25 Å². The van der Waals surface area contributed by atoms with E-state index in [1.165, 1.54) is 33.9 Å². The smallest absolute Gasteiger partial charge is 0.210 e. The molecular formula is C33H35Cl2N2+. The van der Waals surface area contributed by atoms with E-state index >= 15 is 0 Å². The maximum absolute atomic E-state index is 6.32. The van der Waals surface area contributed by atoms with Gasteiger partial charge in [0.15, 0.2) is 12.3 Å². The van der Waals surface area contributed by atoms with E-state index in [1.54, 1.807) is 0 Å². The van der Waals surface area contributed by atoms with Crippen molar-refractivity contribution in [1.29, 1.82) is 0 Å². The summed E-state index contributed by atoms with van der Waals surface area (Å²) in [5, 5.41) is 1.52. The van der Waals surface area contributed by atoms with Gasteiger partial charge >= 0.3 is 0 Å². The molecule has 0 N–H and O–H groups in total. The molecule has 190 valence electrons. The lowest BCUT2D eigenvalue weighted by molar-refractivity contribution is -0.425. The summed E-state index contributed by atoms with van der Waals surface area (Å²) in [7, 11) is 0. The van der Waals surface area contributed by atoms with Crippen molar-refractivity contribution in [2.24, 2.45) is 0 Å². The van der Waals surface area contributed by atoms with Gasteiger partial charge in [-0.25, -0.2) is 0 Å². The molecule has 4 rings (SSSR count). The Balaban J connectivity index is 1.54. The van der Waals surface area contributed by atoms with Crippen molar-refractivity contribution >= 4 is 40.3 Å². The van der Waals surface area contributed by atoms with E-state index in [0.717, 1.165) is 23.1 Å². The van der Waals surface area contributed by atoms with E-state index in [0.29, 0.717) is 0 Å². The molecule has 2 aliphatic heterocycles. The monoisotopic (exact) mass is 529 g/mol. The molecule has 0 bridgehead atoms. The SMILES string of the molecule is C=CCN1C(=CC=CC=CC=CC2=[N+](CC=C)c3ccc(Cl)cc3C2(C)C)C(C)(C)c2cc(Cl)ccc21. The summed E-state index contributed by atoms with van der Waals surface area (Å²) in [6.45, 7) is 18.4. The number of benzene rings is 2. The van der Waals surface area contributed by atoms with Crippen molar-refractivity contribution in [2.45, 2.75) is 38.5 Å². The Morgan fingerprint density at radius 1 is 0.811 bits per heavy atom. The van der Waals surface area contributed by atoms with Crippen LogP contribution in [0.3, 0.4) is 0 Å². The fourth-order valence-corrected chi connectivity index (χ4v) is 5.78. The normalized spacial score (nSPS) is 19.0. The van der Waals surface area contributed by atoms with Crippen molar-refractivity contribution in [1.82, 2.24) is 0 Å². The molecule has 2 aromatic rings. The quantitative estimate of drug-likeness (QED) is 0.187. The molecule has 0 fully saturated rings. The second-order valence-corrected chi connectivity index (χ2v) is 11.3. The molecule has 4 heteroatoms. The number of rotatable bonds is 8. The fourth-order valence-electron chi connectivity index (χ4n) is 5.43. The minimum absolute atomic E-state index is 0.144. The summed E-state index contributed by atoms with van der Waals surface area (Å²) in [5.74, 6) is 0. The van der Waals surface area contributed by atoms with Gasteiger partial charge in [-0.3, -0.25) is 0 Å². The standard InChI is InChI=1S/C33H35Cl2N2/c1-7-20-36-28-18-16-24(34)22-26(28)32(3,4)30(36)14-12-10-9-11-13-15-31-33(5,6)27-23-25(35)17-19-29(27)37(31)21-8-2/h7-19,22-23H,1-2,20-21H2,3-6H3/q+1. The van der Waals surface area contributed by atoms with Crippen LogP contribution in [0.1, 0.15) is 38.8 Å². The van der Waals surface area contributed by atoms with Crippen LogP contribution >= 0.6 is 23.2 Å². The molecule has 0 aromatic heterocycles. The molecule has 0 radical (unpaired) electrons. The number of hydrogen-bond acceptors (Lipinski definition) is 1. The minimum Gasteiger partial charge on any atom is -0.340 e. The van der Waals surface area contributed by atoms with E-state index in [-0.39, 0.29) is 10.8 Å². The predicted molar refractivity (Wildman–Crippen MR) is 162 cm³/mol. The first-order valence-electron chi connectivity index (χ1n) is 12.6. The second kappa shape index (κ2) is 10.7. The lowest BCUT2D eigenvalue weighted by Gasteiger charge is -2.26. The van der Waals surface area contributed by atoms with Gasteiger partial charge < -0.3 is 4.90 Å². The number of halogens is 2. The second-order valence-electron chi connectivity index (χ2n) is 10.4. The van der Waals surface area contributed by atoms with Crippen LogP contribution in [-0.2, 0) is 10.8 Å². The van der Waals surface area contributed by atoms with Crippen molar-refractivity contribution in [3.63, 3.8) is 0 Å². The van der Waals surface area contributed by atoms with Crippen LogP contribution in [0.2, 0.25) is 10.0 Å². The Labute approximate surface area is 231 Å². The van der Waals surface area contributed by atoms with Crippen LogP contribution < -0.4 is 4.90 Å². The average molecular weight is 531 g/mol. The first kappa shape index (κ1) is 27.0. The summed E-state index contributed by atoms with van der Waals surface area (Å²) in [4.78, 5) is 2.31. The molecule has 2 heterocycles. The molecule has 0 atom stereocenters. The fraction of sp³-hybridized carbons (Fsp3) is 0.242. The Morgan fingerprint density at radius 3 is 2.16 bits per heavy atom. The Kier molecular flexibility index (Phi) is 7.83. The van der Waals surface area contributed by atoms with Gasteiger partial charge in [-0.15, -0.1) is 6.58 Å². The van der Waals surface area contributed by atoms with Gasteiger partial charge in [0.1, 0.15) is 0 Å². The zero-order valence-electron chi connectivity index (χ0n) is 22.1. The van der Waals surface area contributed by atoms with Gasteiger partial charge in [0.2, 0.25) is 5.69 Å². The molecule has 0 amide bonds. The molecule has 0 saturated heterocycles. The van der Waals surface area contributed by atoms with Gasteiger partial charge in [-0.1, -0.05) is 80.1 Å². The number of nitrogens with zero attached hydrogens (tertiary/aromatic N) is 2. The van der Waals surface area contributed by atoms with Gasteiger partial charge in [-0.2, -0.15) is 4.58 Å². The van der Waals surface area contributed by atoms with Crippen LogP contribution in [0.25, 0.3) is 0 Å². The highest BCUT2D eigenvalue weighted by Crippen LogP contribution is 2.48. The molecule has 2 aliphatic rings. The minimum atomic E-state index is -0.144. The third kappa shape index (κ3) is 5.06. The first-order valence-corrected chi connectivity index (χ1v) is 13.3. The number of hydrogen-bond donors (Lipinski definition) is 0. The zero-order chi connectivity index (χ0) is 26.8. The van der Waals surface area contributed by atoms with Crippen molar-refractivity contribution in [3.05, 3.63) is 131 Å². The van der Waals surface area contributed by atoms with Gasteiger partial charge in [0, 0.05) is 51.1 Å². The zero-order valence-corrected chi connectivity index (χ0v) is 23.7. The van der Waals surface area contributed by atoms with Crippen LogP contribution in [-0.4, -0.2) is 23.4 Å². The van der Waals surface area contributed by atoms with Gasteiger partial charge in [0.25, 0.3) is 0 Å². The maximum Gasteiger partial charge on any atom is 0.210 e. The Morgan fingerprint density at radius 2 is 1.46 bits per heavy atom. The molecule has 2 aromatic carbocycles. The summed E-state index contributed by atoms with van der Waals surface area (Å²) >= 11 is 12.6. The molecule has 0 aliphatic carbocycles. The van der Waals surface area contributed by atoms with Crippen molar-refractivity contribution < 1.29 is 4.58 Å². The van der Waals surface area contributed by atoms with Crippen molar-refractivity contribution in [3.8, 4) is 0 Å². The van der Waals surface area contributed by atoms with E-state index in [4.69, 9.17) is 23.2 Å². The Bertz CT molecular complexity index is 1380. The van der Waals surface area contributed by atoms with Gasteiger partial charge in [-0.05, 0) is 61.9 Å². The first-order chi connectivity index (χ1) is 17.6. The largest absolute Gasteiger partial charge is 0.340 e. The van der Waals surface area contributed by atoms with Crippen LogP contribution in [0.15, 0.2) is 110 Å². The predicted octanol–water partition coefficient (Wildman–Crippen LogP) is 9.09. The maximum atomic E-state index is 6.32. The number of fused-ring (bicyclic) bond motifs is 2. The molecule has 0 unspecified atom stereocenters. The third-order valence-electron chi connectivity index (χ3n) is 7.28. The molecular weight excluding hydrogens is 495 g/mol. The number of anilines is 1. The van der Waals surface area contributed by atoms with E-state index < -0.39 is 0 Å². The summed E-state index contributed by atoms with van der Waals surface area (Å²) in [6, 6.07) is 12.3. The Hall–Kier alpha value is -3.07. The highest BCUT2D eigenvalue weighted by Gasteiger charge is 2.44. The van der Waals surface area contributed by atoms with E-state index in [9.17, 15) is 0 Å². The van der Waals surface area contributed by atoms with E-state index in [2.05, 4.69) is 117 Å². The lowest BCUT2D eigenvalue weighted by atomic mass is 9.81.